The van der Waals surface area contributed by atoms with Crippen molar-refractivity contribution in [2.75, 3.05) is 6.61 Å². The lowest BCUT2D eigenvalue weighted by molar-refractivity contribution is -0.276. The van der Waals surface area contributed by atoms with Gasteiger partial charge in [-0.05, 0) is 0 Å². The number of rotatable bonds is 6. The smallest absolute Gasteiger partial charge is 0.303 e. The molecule has 1 heterocycles. The van der Waals surface area contributed by atoms with Crippen molar-refractivity contribution in [3.05, 3.63) is 0 Å². The van der Waals surface area contributed by atoms with Gasteiger partial charge in [-0.3, -0.25) is 24.0 Å². The molecule has 29 heavy (non-hydrogen) atoms. The molecule has 0 spiro atoms. The number of carbonyl (C=O) groups excluding carboxylic acids is 5. The van der Waals surface area contributed by atoms with E-state index in [1.165, 1.54) is 0 Å². The van der Waals surface area contributed by atoms with Crippen molar-refractivity contribution in [3.63, 3.8) is 0 Å². The molecule has 0 aromatic heterocycles. The molecule has 1 rings (SSSR count). The first-order chi connectivity index (χ1) is 13.4. The topological polar surface area (TPSA) is 167 Å². The van der Waals surface area contributed by atoms with E-state index in [2.05, 4.69) is 5.32 Å². The Morgan fingerprint density at radius 1 is 0.897 bits per heavy atom. The molecule has 1 N–H and O–H groups in total. The van der Waals surface area contributed by atoms with Crippen LogP contribution < -0.4 is 5.32 Å². The van der Waals surface area contributed by atoms with E-state index in [-0.39, 0.29) is 0 Å². The molecular formula is C17H22N2O10. The maximum absolute atomic E-state index is 11.7. The summed E-state index contributed by atoms with van der Waals surface area (Å²) in [5, 5.41) is 12.0. The Morgan fingerprint density at radius 2 is 1.41 bits per heavy atom. The van der Waals surface area contributed by atoms with Gasteiger partial charge >= 0.3 is 23.9 Å². The minimum absolute atomic E-state index is 0.513. The molecule has 0 aliphatic carbocycles. The van der Waals surface area contributed by atoms with Crippen molar-refractivity contribution >= 4 is 29.8 Å². The van der Waals surface area contributed by atoms with E-state index in [9.17, 15) is 29.2 Å². The maximum atomic E-state index is 11.7. The second kappa shape index (κ2) is 9.83. The van der Waals surface area contributed by atoms with Crippen molar-refractivity contribution in [1.29, 1.82) is 5.26 Å². The molecule has 5 atom stereocenters. The van der Waals surface area contributed by atoms with E-state index < -0.39 is 66.5 Å². The Labute approximate surface area is 166 Å². The highest BCUT2D eigenvalue weighted by Gasteiger charge is 2.61. The van der Waals surface area contributed by atoms with Crippen molar-refractivity contribution in [3.8, 4) is 6.07 Å². The first kappa shape index (κ1) is 23.8. The number of amides is 1. The molecule has 0 aromatic rings. The van der Waals surface area contributed by atoms with Gasteiger partial charge in [0.25, 0.3) is 5.72 Å². The summed E-state index contributed by atoms with van der Waals surface area (Å²) < 4.78 is 25.9. The average Bonchev–Trinajstić information content (AvgIpc) is 2.57. The van der Waals surface area contributed by atoms with Gasteiger partial charge in [-0.15, -0.1) is 0 Å². The summed E-state index contributed by atoms with van der Waals surface area (Å²) in [4.78, 5) is 57.8. The van der Waals surface area contributed by atoms with Gasteiger partial charge in [-0.2, -0.15) is 5.26 Å². The summed E-state index contributed by atoms with van der Waals surface area (Å²) in [7, 11) is 0. The van der Waals surface area contributed by atoms with E-state index in [1.807, 2.05) is 0 Å². The van der Waals surface area contributed by atoms with Gasteiger partial charge in [0.1, 0.15) is 18.8 Å². The van der Waals surface area contributed by atoms with Crippen molar-refractivity contribution in [1.82, 2.24) is 5.32 Å². The number of nitrogens with one attached hydrogen (secondary N) is 1. The van der Waals surface area contributed by atoms with Crippen LogP contribution in [0.2, 0.25) is 0 Å². The van der Waals surface area contributed by atoms with Crippen LogP contribution in [0.15, 0.2) is 0 Å². The van der Waals surface area contributed by atoms with Gasteiger partial charge in [0.2, 0.25) is 12.0 Å². The van der Waals surface area contributed by atoms with Crippen molar-refractivity contribution < 1.29 is 47.7 Å². The zero-order valence-corrected chi connectivity index (χ0v) is 16.5. The lowest BCUT2D eigenvalue weighted by atomic mass is 9.90. The Balaban J connectivity index is 3.56. The van der Waals surface area contributed by atoms with Crippen LogP contribution in [0.3, 0.4) is 0 Å². The average molecular weight is 414 g/mol. The predicted molar refractivity (Wildman–Crippen MR) is 90.3 cm³/mol. The highest BCUT2D eigenvalue weighted by molar-refractivity contribution is 5.75. The van der Waals surface area contributed by atoms with E-state index >= 15 is 0 Å². The fraction of sp³-hybridized carbons (Fsp3) is 0.647. The summed E-state index contributed by atoms with van der Waals surface area (Å²) in [5.41, 5.74) is -2.32. The van der Waals surface area contributed by atoms with E-state index in [0.29, 0.717) is 0 Å². The second-order valence-electron chi connectivity index (χ2n) is 6.17. The maximum Gasteiger partial charge on any atom is 0.303 e. The molecule has 12 nitrogen and oxygen atoms in total. The molecule has 0 radical (unpaired) electrons. The molecule has 1 amide bonds. The molecule has 0 unspecified atom stereocenters. The minimum atomic E-state index is -2.32. The first-order valence-corrected chi connectivity index (χ1v) is 8.44. The van der Waals surface area contributed by atoms with Crippen LogP contribution in [-0.4, -0.2) is 66.5 Å². The van der Waals surface area contributed by atoms with Gasteiger partial charge in [0.15, 0.2) is 12.2 Å². The van der Waals surface area contributed by atoms with E-state index in [4.69, 9.17) is 23.7 Å². The molecule has 1 aliphatic rings. The quantitative estimate of drug-likeness (QED) is 0.422. The number of nitrogens with zero attached hydrogens (tertiary/aromatic N) is 1. The van der Waals surface area contributed by atoms with E-state index in [0.717, 1.165) is 34.6 Å². The molecular weight excluding hydrogens is 392 g/mol. The van der Waals surface area contributed by atoms with Crippen LogP contribution in [0.1, 0.15) is 34.6 Å². The Hall–Kier alpha value is -3.20. The summed E-state index contributed by atoms with van der Waals surface area (Å²) in [6.07, 6.45) is -6.02. The second-order valence-corrected chi connectivity index (χ2v) is 6.17. The Morgan fingerprint density at radius 3 is 1.83 bits per heavy atom. The van der Waals surface area contributed by atoms with E-state index in [1.54, 1.807) is 6.07 Å². The summed E-state index contributed by atoms with van der Waals surface area (Å²) in [6.45, 7) is 4.80. The standard InChI is InChI=1S/C17H22N2O10/c1-8(20)19-17(7-18)16(28-12(5)24)15(27-11(4)23)14(26-10(3)22)13(29-17)6-25-9(2)21/h13-16H,6H2,1-5H3,(H,19,20)/t13-,14+,15+,16-,17-/m1/s1. The molecule has 0 saturated carbocycles. The number of esters is 4. The first-order valence-electron chi connectivity index (χ1n) is 8.44. The molecule has 1 aliphatic heterocycles. The number of ether oxygens (including phenoxy) is 5. The lowest BCUT2D eigenvalue weighted by Crippen LogP contribution is -2.72. The van der Waals surface area contributed by atoms with Gasteiger partial charge in [-0.1, -0.05) is 0 Å². The highest BCUT2D eigenvalue weighted by Crippen LogP contribution is 2.34. The van der Waals surface area contributed by atoms with Gasteiger partial charge in [0.05, 0.1) is 0 Å². The molecule has 12 heteroatoms. The molecule has 1 saturated heterocycles. The molecule has 0 bridgehead atoms. The van der Waals surface area contributed by atoms with Crippen LogP contribution in [0, 0.1) is 11.3 Å². The summed E-state index contributed by atoms with van der Waals surface area (Å²) >= 11 is 0. The van der Waals surface area contributed by atoms with Gasteiger partial charge in [0, 0.05) is 34.6 Å². The minimum Gasteiger partial charge on any atom is -0.463 e. The summed E-state index contributed by atoms with van der Waals surface area (Å²) in [5.74, 6) is -3.99. The highest BCUT2D eigenvalue weighted by atomic mass is 16.7. The molecule has 160 valence electrons. The van der Waals surface area contributed by atoms with Crippen LogP contribution in [-0.2, 0) is 47.7 Å². The number of hydrogen-bond acceptors (Lipinski definition) is 11. The Kier molecular flexibility index (Phi) is 8.08. The molecule has 1 fully saturated rings. The van der Waals surface area contributed by atoms with Gasteiger partial charge < -0.3 is 29.0 Å². The fourth-order valence-electron chi connectivity index (χ4n) is 2.78. The fourth-order valence-corrected chi connectivity index (χ4v) is 2.78. The largest absolute Gasteiger partial charge is 0.463 e. The van der Waals surface area contributed by atoms with Crippen LogP contribution in [0.5, 0.6) is 0 Å². The zero-order chi connectivity index (χ0) is 22.4. The summed E-state index contributed by atoms with van der Waals surface area (Å²) in [6, 6.07) is 1.70. The predicted octanol–water partition coefficient (Wildman–Crippen LogP) is -0.901. The normalized spacial score (nSPS) is 28.3. The third-order valence-electron chi connectivity index (χ3n) is 3.60. The van der Waals surface area contributed by atoms with Crippen molar-refractivity contribution in [2.45, 2.75) is 64.8 Å². The third-order valence-corrected chi connectivity index (χ3v) is 3.60. The van der Waals surface area contributed by atoms with Crippen LogP contribution >= 0.6 is 0 Å². The zero-order valence-electron chi connectivity index (χ0n) is 16.5. The van der Waals surface area contributed by atoms with Gasteiger partial charge in [-0.25, -0.2) is 0 Å². The van der Waals surface area contributed by atoms with Crippen LogP contribution in [0.4, 0.5) is 0 Å². The number of carbonyl (C=O) groups is 5. The number of nitriles is 1. The lowest BCUT2D eigenvalue weighted by Gasteiger charge is -2.47. The third kappa shape index (κ3) is 6.42. The monoisotopic (exact) mass is 414 g/mol. The van der Waals surface area contributed by atoms with Crippen molar-refractivity contribution in [2.24, 2.45) is 0 Å². The van der Waals surface area contributed by atoms with Crippen LogP contribution in [0.25, 0.3) is 0 Å². The SMILES string of the molecule is CC(=O)N[C@]1(C#N)O[C@H](COC(C)=O)[C@H](OC(C)=O)[C@H](OC(C)=O)[C@H]1OC(C)=O. The number of hydrogen-bond donors (Lipinski definition) is 1. The Bertz CT molecular complexity index is 730. The molecule has 0 aromatic carbocycles.